The first kappa shape index (κ1) is 18.7. The lowest BCUT2D eigenvalue weighted by atomic mass is 10.1. The van der Waals surface area contributed by atoms with Gasteiger partial charge in [-0.2, -0.15) is 0 Å². The molecule has 0 bridgehead atoms. The van der Waals surface area contributed by atoms with Gasteiger partial charge in [-0.05, 0) is 53.6 Å². The molecule has 1 N–H and O–H groups in total. The van der Waals surface area contributed by atoms with E-state index in [0.717, 1.165) is 11.3 Å². The summed E-state index contributed by atoms with van der Waals surface area (Å²) in [6, 6.07) is 21.8. The van der Waals surface area contributed by atoms with Crippen molar-refractivity contribution in [1.29, 1.82) is 0 Å². The number of carbonyl (C=O) groups is 2. The van der Waals surface area contributed by atoms with Crippen molar-refractivity contribution in [2.75, 3.05) is 11.8 Å². The van der Waals surface area contributed by atoms with Crippen molar-refractivity contribution in [3.8, 4) is 17.2 Å². The van der Waals surface area contributed by atoms with Gasteiger partial charge in [0.05, 0.1) is 5.69 Å². The highest BCUT2D eigenvalue weighted by molar-refractivity contribution is 6.31. The zero-order chi connectivity index (χ0) is 21.2. The molecule has 0 atom stereocenters. The van der Waals surface area contributed by atoms with Gasteiger partial charge >= 0.3 is 0 Å². The molecule has 0 unspecified atom stereocenters. The largest absolute Gasteiger partial charge is 0.489 e. The number of rotatable bonds is 5. The highest BCUT2D eigenvalue weighted by Crippen LogP contribution is 2.33. The molecule has 0 aliphatic carbocycles. The number of carbonyl (C=O) groups excluding carboxylic acids is 2. The number of amides is 2. The number of benzene rings is 3. The summed E-state index contributed by atoms with van der Waals surface area (Å²) in [6.45, 7) is 0.572. The monoisotopic (exact) mass is 414 g/mol. The van der Waals surface area contributed by atoms with Crippen LogP contribution in [0.4, 0.5) is 5.69 Å². The van der Waals surface area contributed by atoms with Crippen LogP contribution in [0.2, 0.25) is 0 Å². The molecule has 1 fully saturated rings. The fraction of sp³-hybridized carbons (Fsp3) is 0.0833. The standard InChI is InChI=1S/C24H18N2O5/c27-23-20(24(28)26(25-23)18-6-2-1-3-7-18)12-16-5-4-8-19(11-16)29-14-17-9-10-21-22(13-17)31-15-30-21/h1-13H,14-15H2,(H,25,27). The highest BCUT2D eigenvalue weighted by Gasteiger charge is 2.34. The molecule has 0 spiro atoms. The first-order chi connectivity index (χ1) is 15.2. The Morgan fingerprint density at radius 1 is 0.935 bits per heavy atom. The van der Waals surface area contributed by atoms with Crippen LogP contribution in [0.1, 0.15) is 11.1 Å². The molecule has 0 aromatic heterocycles. The molecule has 7 nitrogen and oxygen atoms in total. The average molecular weight is 414 g/mol. The maximum Gasteiger partial charge on any atom is 0.282 e. The number of nitrogens with one attached hydrogen (secondary N) is 1. The molecule has 2 aliphatic heterocycles. The third-order valence-electron chi connectivity index (χ3n) is 4.92. The van der Waals surface area contributed by atoms with Crippen LogP contribution in [0.5, 0.6) is 17.2 Å². The van der Waals surface area contributed by atoms with E-state index < -0.39 is 11.8 Å². The summed E-state index contributed by atoms with van der Waals surface area (Å²) in [6.07, 6.45) is 1.56. The number of ether oxygens (including phenoxy) is 3. The molecule has 31 heavy (non-hydrogen) atoms. The van der Waals surface area contributed by atoms with Crippen molar-refractivity contribution in [2.45, 2.75) is 6.61 Å². The van der Waals surface area contributed by atoms with Crippen LogP contribution < -0.4 is 24.6 Å². The van der Waals surface area contributed by atoms with Gasteiger partial charge in [0.1, 0.15) is 17.9 Å². The Hall–Kier alpha value is -4.26. The van der Waals surface area contributed by atoms with E-state index in [2.05, 4.69) is 5.43 Å². The average Bonchev–Trinajstić information content (AvgIpc) is 3.38. The summed E-state index contributed by atoms with van der Waals surface area (Å²) < 4.78 is 16.6. The third kappa shape index (κ3) is 3.81. The molecule has 2 amide bonds. The Labute approximate surface area is 178 Å². The van der Waals surface area contributed by atoms with Crippen molar-refractivity contribution in [3.05, 3.63) is 89.5 Å². The Bertz CT molecular complexity index is 1190. The Morgan fingerprint density at radius 2 is 1.77 bits per heavy atom. The smallest absolute Gasteiger partial charge is 0.282 e. The number of hydrogen-bond acceptors (Lipinski definition) is 5. The predicted octanol–water partition coefficient (Wildman–Crippen LogP) is 3.46. The van der Waals surface area contributed by atoms with Crippen LogP contribution in [0.3, 0.4) is 0 Å². The molecule has 1 saturated heterocycles. The quantitative estimate of drug-likeness (QED) is 0.511. The van der Waals surface area contributed by atoms with Gasteiger partial charge in [-0.1, -0.05) is 36.4 Å². The summed E-state index contributed by atoms with van der Waals surface area (Å²) in [7, 11) is 0. The van der Waals surface area contributed by atoms with Crippen LogP contribution in [0.25, 0.3) is 6.08 Å². The normalized spacial score (nSPS) is 16.0. The van der Waals surface area contributed by atoms with Gasteiger partial charge in [-0.25, -0.2) is 5.01 Å². The van der Waals surface area contributed by atoms with Crippen molar-refractivity contribution in [2.24, 2.45) is 0 Å². The topological polar surface area (TPSA) is 77.1 Å². The summed E-state index contributed by atoms with van der Waals surface area (Å²) >= 11 is 0. The molecule has 154 valence electrons. The molecule has 0 radical (unpaired) electrons. The molecule has 0 saturated carbocycles. The van der Waals surface area contributed by atoms with E-state index >= 15 is 0 Å². The minimum atomic E-state index is -0.444. The molecule has 2 heterocycles. The van der Waals surface area contributed by atoms with Gasteiger partial charge in [0.2, 0.25) is 6.79 Å². The van der Waals surface area contributed by atoms with Gasteiger partial charge in [-0.3, -0.25) is 15.0 Å². The summed E-state index contributed by atoms with van der Waals surface area (Å²) in [5, 5.41) is 1.24. The maximum absolute atomic E-state index is 12.7. The van der Waals surface area contributed by atoms with Crippen molar-refractivity contribution < 1.29 is 23.8 Å². The lowest BCUT2D eigenvalue weighted by Gasteiger charge is -2.13. The van der Waals surface area contributed by atoms with E-state index in [1.807, 2.05) is 42.5 Å². The van der Waals surface area contributed by atoms with E-state index in [4.69, 9.17) is 14.2 Å². The second kappa shape index (κ2) is 7.87. The zero-order valence-electron chi connectivity index (χ0n) is 16.4. The van der Waals surface area contributed by atoms with Crippen molar-refractivity contribution >= 4 is 23.6 Å². The minimum absolute atomic E-state index is 0.0665. The Balaban J connectivity index is 1.31. The fourth-order valence-corrected chi connectivity index (χ4v) is 3.37. The van der Waals surface area contributed by atoms with Crippen LogP contribution in [-0.2, 0) is 16.2 Å². The van der Waals surface area contributed by atoms with E-state index in [9.17, 15) is 9.59 Å². The first-order valence-corrected chi connectivity index (χ1v) is 9.71. The van der Waals surface area contributed by atoms with Gasteiger partial charge in [0.15, 0.2) is 11.5 Å². The molecule has 5 rings (SSSR count). The third-order valence-corrected chi connectivity index (χ3v) is 4.92. The summed E-state index contributed by atoms with van der Waals surface area (Å²) in [5.74, 6) is 1.20. The lowest BCUT2D eigenvalue weighted by Crippen LogP contribution is -2.35. The SMILES string of the molecule is O=C1NN(c2ccccc2)C(=O)C1=Cc1cccc(OCc2ccc3c(c2)OCO3)c1. The number of nitrogens with zero attached hydrogens (tertiary/aromatic N) is 1. The van der Waals surface area contributed by atoms with Crippen molar-refractivity contribution in [1.82, 2.24) is 5.43 Å². The van der Waals surface area contributed by atoms with E-state index in [-0.39, 0.29) is 12.4 Å². The number of hydrazine groups is 1. The second-order valence-corrected chi connectivity index (χ2v) is 7.02. The van der Waals surface area contributed by atoms with Crippen LogP contribution in [0.15, 0.2) is 78.4 Å². The van der Waals surface area contributed by atoms with E-state index in [0.29, 0.717) is 29.4 Å². The molecule has 3 aromatic carbocycles. The van der Waals surface area contributed by atoms with Gasteiger partial charge in [0, 0.05) is 0 Å². The first-order valence-electron chi connectivity index (χ1n) is 9.71. The van der Waals surface area contributed by atoms with E-state index in [1.54, 1.807) is 36.4 Å². The lowest BCUT2D eigenvalue weighted by molar-refractivity contribution is -0.117. The molecule has 3 aromatic rings. The molecular formula is C24H18N2O5. The maximum atomic E-state index is 12.7. The second-order valence-electron chi connectivity index (χ2n) is 7.02. The van der Waals surface area contributed by atoms with Gasteiger partial charge < -0.3 is 14.2 Å². The van der Waals surface area contributed by atoms with Crippen LogP contribution in [-0.4, -0.2) is 18.6 Å². The van der Waals surface area contributed by atoms with E-state index in [1.165, 1.54) is 5.01 Å². The molecular weight excluding hydrogens is 396 g/mol. The van der Waals surface area contributed by atoms with Gasteiger partial charge in [0.25, 0.3) is 11.8 Å². The highest BCUT2D eigenvalue weighted by atomic mass is 16.7. The number of anilines is 1. The Morgan fingerprint density at radius 3 is 2.65 bits per heavy atom. The van der Waals surface area contributed by atoms with Crippen LogP contribution in [0, 0.1) is 0 Å². The summed E-state index contributed by atoms with van der Waals surface area (Å²) in [4.78, 5) is 25.1. The fourth-order valence-electron chi connectivity index (χ4n) is 3.37. The Kier molecular flexibility index (Phi) is 4.76. The number of fused-ring (bicyclic) bond motifs is 1. The molecule has 2 aliphatic rings. The van der Waals surface area contributed by atoms with Gasteiger partial charge in [-0.15, -0.1) is 0 Å². The minimum Gasteiger partial charge on any atom is -0.489 e. The zero-order valence-corrected chi connectivity index (χ0v) is 16.4. The number of hydrogen-bond donors (Lipinski definition) is 1. The molecule has 7 heteroatoms. The number of para-hydroxylation sites is 1. The predicted molar refractivity (Wildman–Crippen MR) is 113 cm³/mol. The summed E-state index contributed by atoms with van der Waals surface area (Å²) in [5.41, 5.74) is 4.90. The van der Waals surface area contributed by atoms with Crippen LogP contribution >= 0.6 is 0 Å². The van der Waals surface area contributed by atoms with Crippen molar-refractivity contribution in [3.63, 3.8) is 0 Å².